The first-order chi connectivity index (χ1) is 6.64. The fourth-order valence-corrected chi connectivity index (χ4v) is 3.65. The summed E-state index contributed by atoms with van der Waals surface area (Å²) in [6.45, 7) is 2.07. The highest BCUT2D eigenvalue weighted by Gasteiger charge is 2.55. The molecule has 0 saturated heterocycles. The van der Waals surface area contributed by atoms with E-state index in [1.165, 1.54) is 0 Å². The molecule has 0 aromatic rings. The lowest BCUT2D eigenvalue weighted by Gasteiger charge is -2.39. The van der Waals surface area contributed by atoms with Gasteiger partial charge in [0.05, 0.1) is 0 Å². The summed E-state index contributed by atoms with van der Waals surface area (Å²) in [4.78, 5) is 0. The van der Waals surface area contributed by atoms with Gasteiger partial charge in [-0.05, 0) is 24.2 Å². The van der Waals surface area contributed by atoms with Crippen LogP contribution in [0.3, 0.4) is 0 Å². The van der Waals surface area contributed by atoms with Crippen molar-refractivity contribution in [2.45, 2.75) is 19.4 Å². The third-order valence-electron chi connectivity index (χ3n) is 4.14. The van der Waals surface area contributed by atoms with Crippen LogP contribution >= 0.6 is 11.6 Å². The van der Waals surface area contributed by atoms with Crippen molar-refractivity contribution in [2.75, 3.05) is 5.88 Å². The number of fused-ring (bicyclic) bond motifs is 2. The summed E-state index contributed by atoms with van der Waals surface area (Å²) in [6, 6.07) is 0. The van der Waals surface area contributed by atoms with Crippen molar-refractivity contribution in [3.63, 3.8) is 0 Å². The second-order valence-electron chi connectivity index (χ2n) is 4.59. The second kappa shape index (κ2) is 3.29. The van der Waals surface area contributed by atoms with Crippen LogP contribution in [0.15, 0.2) is 12.2 Å². The van der Waals surface area contributed by atoms with Crippen LogP contribution in [0.4, 0.5) is 0 Å². The van der Waals surface area contributed by atoms with Crippen LogP contribution in [0.2, 0.25) is 0 Å². The van der Waals surface area contributed by atoms with Gasteiger partial charge in [0.15, 0.2) is 0 Å². The molecule has 5 atom stereocenters. The number of hydrogen-bond acceptors (Lipinski definition) is 1. The van der Waals surface area contributed by atoms with Crippen molar-refractivity contribution in [3.05, 3.63) is 12.2 Å². The summed E-state index contributed by atoms with van der Waals surface area (Å²) in [5.41, 5.74) is -0.212. The van der Waals surface area contributed by atoms with Crippen LogP contribution < -0.4 is 0 Å². The molecule has 5 unspecified atom stereocenters. The van der Waals surface area contributed by atoms with Crippen LogP contribution in [-0.4, -0.2) is 17.1 Å². The van der Waals surface area contributed by atoms with Crippen molar-refractivity contribution in [2.24, 2.45) is 23.2 Å². The predicted octanol–water partition coefficient (Wildman–Crippen LogP) is 2.05. The maximum atomic E-state index is 9.91. The van der Waals surface area contributed by atoms with E-state index in [0.717, 1.165) is 6.42 Å². The van der Waals surface area contributed by atoms with Crippen LogP contribution in [-0.2, 0) is 0 Å². The molecule has 14 heavy (non-hydrogen) atoms. The fraction of sp³-hybridized carbons (Fsp3) is 0.667. The van der Waals surface area contributed by atoms with Crippen molar-refractivity contribution >= 4 is 11.6 Å². The van der Waals surface area contributed by atoms with E-state index >= 15 is 0 Å². The average Bonchev–Trinajstić information content (AvgIpc) is 2.75. The number of aliphatic hydroxyl groups excluding tert-OH is 1. The third kappa shape index (κ3) is 1.08. The highest BCUT2D eigenvalue weighted by Crippen LogP contribution is 2.57. The number of terminal acetylenes is 1. The van der Waals surface area contributed by atoms with E-state index in [2.05, 4.69) is 25.0 Å². The number of hydrogen-bond donors (Lipinski definition) is 1. The van der Waals surface area contributed by atoms with Gasteiger partial charge in [-0.15, -0.1) is 18.0 Å². The molecule has 0 radical (unpaired) electrons. The van der Waals surface area contributed by atoms with Crippen LogP contribution in [0.5, 0.6) is 0 Å². The van der Waals surface area contributed by atoms with Gasteiger partial charge in [0, 0.05) is 11.3 Å². The van der Waals surface area contributed by atoms with E-state index in [1.807, 2.05) is 0 Å². The van der Waals surface area contributed by atoms with Gasteiger partial charge in [-0.3, -0.25) is 0 Å². The average molecular weight is 211 g/mol. The molecular formula is C12H15ClO. The maximum Gasteiger partial charge on any atom is 0.120 e. The number of aliphatic hydroxyl groups is 1. The molecule has 2 aliphatic carbocycles. The molecule has 1 fully saturated rings. The highest BCUT2D eigenvalue weighted by molar-refractivity contribution is 6.18. The van der Waals surface area contributed by atoms with Gasteiger partial charge < -0.3 is 5.11 Å². The number of alkyl halides is 1. The Morgan fingerprint density at radius 1 is 1.71 bits per heavy atom. The summed E-state index contributed by atoms with van der Waals surface area (Å²) in [7, 11) is 0. The zero-order valence-corrected chi connectivity index (χ0v) is 9.04. The summed E-state index contributed by atoms with van der Waals surface area (Å²) < 4.78 is 0. The standard InChI is InChI=1S/C12H15ClO/c1-3-11(14)12(2)9-5-4-8(6-9)10(12)7-13/h1,4-5,8-11,14H,6-7H2,2H3. The smallest absolute Gasteiger partial charge is 0.120 e. The Balaban J connectivity index is 2.34. The molecule has 0 heterocycles. The van der Waals surface area contributed by atoms with Crippen LogP contribution in [0.25, 0.3) is 0 Å². The molecule has 1 saturated carbocycles. The first-order valence-corrected chi connectivity index (χ1v) is 5.56. The topological polar surface area (TPSA) is 20.2 Å². The first kappa shape index (κ1) is 10.1. The van der Waals surface area contributed by atoms with Crippen LogP contribution in [0.1, 0.15) is 13.3 Å². The second-order valence-corrected chi connectivity index (χ2v) is 4.90. The summed E-state index contributed by atoms with van der Waals surface area (Å²) in [5.74, 6) is 4.29. The molecule has 0 aliphatic heterocycles. The maximum absolute atomic E-state index is 9.91. The summed E-state index contributed by atoms with van der Waals surface area (Å²) in [6.07, 6.45) is 10.2. The number of halogens is 1. The molecule has 2 heteroatoms. The summed E-state index contributed by atoms with van der Waals surface area (Å²) >= 11 is 5.97. The molecule has 76 valence electrons. The van der Waals surface area contributed by atoms with Gasteiger partial charge in [0.25, 0.3) is 0 Å². The van der Waals surface area contributed by atoms with Gasteiger partial charge in [-0.1, -0.05) is 25.0 Å². The van der Waals surface area contributed by atoms with Gasteiger partial charge in [-0.2, -0.15) is 0 Å². The SMILES string of the molecule is C#CC(O)C1(C)C2C=CC(C2)C1CCl. The van der Waals surface area contributed by atoms with E-state index < -0.39 is 6.10 Å². The zero-order valence-electron chi connectivity index (χ0n) is 8.28. The molecule has 2 aliphatic rings. The van der Waals surface area contributed by atoms with E-state index in [4.69, 9.17) is 18.0 Å². The Morgan fingerprint density at radius 3 is 3.00 bits per heavy atom. The normalized spacial score (nSPS) is 46.6. The van der Waals surface area contributed by atoms with Crippen LogP contribution in [0, 0.1) is 35.5 Å². The summed E-state index contributed by atoms with van der Waals surface area (Å²) in [5, 5.41) is 9.91. The Kier molecular flexibility index (Phi) is 2.37. The van der Waals surface area contributed by atoms with Crippen molar-refractivity contribution < 1.29 is 5.11 Å². The van der Waals surface area contributed by atoms with E-state index in [9.17, 15) is 5.11 Å². The lowest BCUT2D eigenvalue weighted by molar-refractivity contribution is 0.0275. The Morgan fingerprint density at radius 2 is 2.43 bits per heavy atom. The monoisotopic (exact) mass is 210 g/mol. The first-order valence-electron chi connectivity index (χ1n) is 5.03. The third-order valence-corrected chi connectivity index (χ3v) is 4.48. The van der Waals surface area contributed by atoms with E-state index in [1.54, 1.807) is 0 Å². The molecule has 0 aromatic heterocycles. The van der Waals surface area contributed by atoms with E-state index in [0.29, 0.717) is 23.6 Å². The minimum atomic E-state index is -0.675. The molecule has 0 spiro atoms. The Bertz CT molecular complexity index is 304. The lowest BCUT2D eigenvalue weighted by Crippen LogP contribution is -2.42. The van der Waals surface area contributed by atoms with Crippen molar-refractivity contribution in [1.82, 2.24) is 0 Å². The van der Waals surface area contributed by atoms with E-state index in [-0.39, 0.29) is 5.41 Å². The van der Waals surface area contributed by atoms with Gasteiger partial charge in [-0.25, -0.2) is 0 Å². The molecule has 2 rings (SSSR count). The Labute approximate surface area is 90.1 Å². The largest absolute Gasteiger partial charge is 0.380 e. The Hall–Kier alpha value is -0.450. The van der Waals surface area contributed by atoms with Gasteiger partial charge >= 0.3 is 0 Å². The lowest BCUT2D eigenvalue weighted by atomic mass is 9.67. The molecule has 2 bridgehead atoms. The molecule has 1 nitrogen and oxygen atoms in total. The van der Waals surface area contributed by atoms with Gasteiger partial charge in [0.2, 0.25) is 0 Å². The number of allylic oxidation sites excluding steroid dienone is 2. The number of rotatable bonds is 2. The molecular weight excluding hydrogens is 196 g/mol. The highest BCUT2D eigenvalue weighted by atomic mass is 35.5. The molecule has 1 N–H and O–H groups in total. The molecule has 0 amide bonds. The molecule has 0 aromatic carbocycles. The van der Waals surface area contributed by atoms with Crippen molar-refractivity contribution in [1.29, 1.82) is 0 Å². The fourth-order valence-electron chi connectivity index (χ4n) is 3.09. The predicted molar refractivity (Wildman–Crippen MR) is 57.9 cm³/mol. The van der Waals surface area contributed by atoms with Gasteiger partial charge in [0.1, 0.15) is 6.10 Å². The van der Waals surface area contributed by atoms with Crippen molar-refractivity contribution in [3.8, 4) is 12.3 Å². The minimum absolute atomic E-state index is 0.212. The minimum Gasteiger partial charge on any atom is -0.380 e. The zero-order chi connectivity index (χ0) is 10.3. The quantitative estimate of drug-likeness (QED) is 0.420.